The molecule has 1 fully saturated rings. The second-order valence-electron chi connectivity index (χ2n) is 5.41. The van der Waals surface area contributed by atoms with Gasteiger partial charge in [-0.3, -0.25) is 10.1 Å². The maximum Gasteiger partial charge on any atom is 0.254 e. The summed E-state index contributed by atoms with van der Waals surface area (Å²) in [5, 5.41) is 3.59. The third-order valence-electron chi connectivity index (χ3n) is 4.22. The molecule has 0 aliphatic carbocycles. The Bertz CT molecular complexity index is 742. The standard InChI is InChI=1S/C13H15N7O/c14-12-18-11(21)13(19-12)2-5-20(6-3-13)10-8-1-4-15-9(8)16-7-17-10/h1,4,7H,2-3,5-6H2,(H,15,16,17)(H3,14,18,19,21). The molecule has 1 saturated heterocycles. The number of guanidine groups is 1. The molecule has 2 aliphatic rings. The van der Waals surface area contributed by atoms with Gasteiger partial charge >= 0.3 is 0 Å². The quantitative estimate of drug-likeness (QED) is 0.668. The minimum absolute atomic E-state index is 0.0888. The normalized spacial score (nSPS) is 20.9. The molecule has 4 heterocycles. The highest BCUT2D eigenvalue weighted by Crippen LogP contribution is 2.32. The van der Waals surface area contributed by atoms with E-state index in [1.54, 1.807) is 6.33 Å². The third kappa shape index (κ3) is 1.75. The second-order valence-corrected chi connectivity index (χ2v) is 5.41. The molecule has 108 valence electrons. The van der Waals surface area contributed by atoms with E-state index in [0.717, 1.165) is 16.9 Å². The van der Waals surface area contributed by atoms with E-state index in [2.05, 4.69) is 30.2 Å². The summed E-state index contributed by atoms with van der Waals surface area (Å²) in [5.74, 6) is 1.03. The predicted molar refractivity (Wildman–Crippen MR) is 77.8 cm³/mol. The molecule has 1 amide bonds. The Kier molecular flexibility index (Phi) is 2.41. The maximum atomic E-state index is 12.0. The molecule has 0 saturated carbocycles. The SMILES string of the molecule is NC1=NC2(CCN(c3ncnc4[nH]ccc34)CC2)C(=O)N1. The van der Waals surface area contributed by atoms with Crippen LogP contribution in [0.3, 0.4) is 0 Å². The van der Waals surface area contributed by atoms with Crippen LogP contribution in [0.15, 0.2) is 23.6 Å². The summed E-state index contributed by atoms with van der Waals surface area (Å²) < 4.78 is 0. The second kappa shape index (κ2) is 4.18. The molecule has 8 nitrogen and oxygen atoms in total. The molecule has 1 spiro atoms. The van der Waals surface area contributed by atoms with Crippen molar-refractivity contribution in [2.75, 3.05) is 18.0 Å². The molecular weight excluding hydrogens is 270 g/mol. The van der Waals surface area contributed by atoms with E-state index in [1.807, 2.05) is 12.3 Å². The van der Waals surface area contributed by atoms with Gasteiger partial charge in [0.05, 0.1) is 5.39 Å². The number of nitrogens with zero attached hydrogens (tertiary/aromatic N) is 4. The van der Waals surface area contributed by atoms with E-state index in [-0.39, 0.29) is 11.9 Å². The van der Waals surface area contributed by atoms with Gasteiger partial charge in [-0.1, -0.05) is 0 Å². The number of carbonyl (C=O) groups excluding carboxylic acids is 1. The lowest BCUT2D eigenvalue weighted by atomic mass is 9.88. The van der Waals surface area contributed by atoms with Crippen molar-refractivity contribution >= 4 is 28.7 Å². The van der Waals surface area contributed by atoms with E-state index in [4.69, 9.17) is 5.73 Å². The Balaban J connectivity index is 1.61. The lowest BCUT2D eigenvalue weighted by molar-refractivity contribution is -0.124. The average molecular weight is 285 g/mol. The highest BCUT2D eigenvalue weighted by molar-refractivity contribution is 6.06. The molecule has 2 aromatic rings. The summed E-state index contributed by atoms with van der Waals surface area (Å²) in [6, 6.07) is 1.97. The molecule has 0 radical (unpaired) electrons. The average Bonchev–Trinajstić information content (AvgIpc) is 3.05. The van der Waals surface area contributed by atoms with Gasteiger partial charge in [0.15, 0.2) is 5.96 Å². The maximum absolute atomic E-state index is 12.0. The molecule has 0 atom stereocenters. The number of amides is 1. The first-order chi connectivity index (χ1) is 10.2. The van der Waals surface area contributed by atoms with E-state index >= 15 is 0 Å². The molecule has 0 bridgehead atoms. The van der Waals surface area contributed by atoms with Gasteiger partial charge in [-0.2, -0.15) is 0 Å². The summed E-state index contributed by atoms with van der Waals surface area (Å²) in [4.78, 5) is 30.2. The number of hydrogen-bond donors (Lipinski definition) is 3. The van der Waals surface area contributed by atoms with Crippen LogP contribution in [0.4, 0.5) is 5.82 Å². The zero-order valence-electron chi connectivity index (χ0n) is 11.3. The van der Waals surface area contributed by atoms with Crippen LogP contribution in [0.25, 0.3) is 11.0 Å². The lowest BCUT2D eigenvalue weighted by Crippen LogP contribution is -2.49. The van der Waals surface area contributed by atoms with Crippen LogP contribution < -0.4 is 16.0 Å². The number of piperidine rings is 1. The van der Waals surface area contributed by atoms with Gasteiger partial charge < -0.3 is 15.6 Å². The van der Waals surface area contributed by atoms with Gasteiger partial charge in [0, 0.05) is 19.3 Å². The minimum Gasteiger partial charge on any atom is -0.370 e. The number of rotatable bonds is 1. The van der Waals surface area contributed by atoms with Crippen LogP contribution >= 0.6 is 0 Å². The fraction of sp³-hybridized carbons (Fsp3) is 0.385. The van der Waals surface area contributed by atoms with Gasteiger partial charge in [-0.25, -0.2) is 15.0 Å². The lowest BCUT2D eigenvalue weighted by Gasteiger charge is -2.36. The minimum atomic E-state index is -0.690. The number of aliphatic imine (C=N–C) groups is 1. The Morgan fingerprint density at radius 1 is 1.29 bits per heavy atom. The van der Waals surface area contributed by atoms with Crippen molar-refractivity contribution in [3.63, 3.8) is 0 Å². The number of nitrogens with two attached hydrogens (primary N) is 1. The van der Waals surface area contributed by atoms with E-state index in [0.29, 0.717) is 25.9 Å². The summed E-state index contributed by atoms with van der Waals surface area (Å²) in [5.41, 5.74) is 5.75. The molecule has 2 aliphatic heterocycles. The fourth-order valence-electron chi connectivity index (χ4n) is 3.08. The number of anilines is 1. The Morgan fingerprint density at radius 3 is 2.81 bits per heavy atom. The van der Waals surface area contributed by atoms with Crippen LogP contribution in [0, 0.1) is 0 Å². The van der Waals surface area contributed by atoms with Crippen molar-refractivity contribution in [2.45, 2.75) is 18.4 Å². The van der Waals surface area contributed by atoms with Crippen molar-refractivity contribution in [2.24, 2.45) is 10.7 Å². The topological polar surface area (TPSA) is 112 Å². The number of carbonyl (C=O) groups is 1. The van der Waals surface area contributed by atoms with E-state index < -0.39 is 5.54 Å². The Morgan fingerprint density at radius 2 is 2.10 bits per heavy atom. The first-order valence-electron chi connectivity index (χ1n) is 6.88. The molecule has 0 unspecified atom stereocenters. The number of aromatic amines is 1. The smallest absolute Gasteiger partial charge is 0.254 e. The van der Waals surface area contributed by atoms with Crippen LogP contribution in [-0.4, -0.2) is 45.4 Å². The van der Waals surface area contributed by atoms with E-state index in [9.17, 15) is 4.79 Å². The molecule has 21 heavy (non-hydrogen) atoms. The number of hydrogen-bond acceptors (Lipinski definition) is 6. The summed E-state index contributed by atoms with van der Waals surface area (Å²) in [6.07, 6.45) is 4.67. The Labute approximate surface area is 120 Å². The summed E-state index contributed by atoms with van der Waals surface area (Å²) in [6.45, 7) is 1.42. The number of aromatic nitrogens is 3. The zero-order chi connectivity index (χ0) is 14.4. The van der Waals surface area contributed by atoms with Crippen LogP contribution in [0.5, 0.6) is 0 Å². The van der Waals surface area contributed by atoms with Crippen molar-refractivity contribution in [1.29, 1.82) is 0 Å². The van der Waals surface area contributed by atoms with Crippen LogP contribution in [0.2, 0.25) is 0 Å². The van der Waals surface area contributed by atoms with Gasteiger partial charge in [0.1, 0.15) is 23.3 Å². The number of H-pyrrole nitrogens is 1. The van der Waals surface area contributed by atoms with Crippen molar-refractivity contribution in [3.05, 3.63) is 18.6 Å². The largest absolute Gasteiger partial charge is 0.370 e. The van der Waals surface area contributed by atoms with Crippen molar-refractivity contribution in [1.82, 2.24) is 20.3 Å². The van der Waals surface area contributed by atoms with Crippen LogP contribution in [-0.2, 0) is 4.79 Å². The van der Waals surface area contributed by atoms with Gasteiger partial charge in [0.25, 0.3) is 5.91 Å². The first kappa shape index (κ1) is 12.1. The highest BCUT2D eigenvalue weighted by Gasteiger charge is 2.45. The van der Waals surface area contributed by atoms with Crippen molar-refractivity contribution in [3.8, 4) is 0 Å². The molecule has 8 heteroatoms. The van der Waals surface area contributed by atoms with Gasteiger partial charge in [0.2, 0.25) is 0 Å². The van der Waals surface area contributed by atoms with Crippen molar-refractivity contribution < 1.29 is 4.79 Å². The first-order valence-corrected chi connectivity index (χ1v) is 6.88. The fourth-order valence-corrected chi connectivity index (χ4v) is 3.08. The number of nitrogens with one attached hydrogen (secondary N) is 2. The summed E-state index contributed by atoms with van der Waals surface area (Å²) in [7, 11) is 0. The van der Waals surface area contributed by atoms with Gasteiger partial charge in [-0.15, -0.1) is 0 Å². The zero-order valence-corrected chi connectivity index (χ0v) is 11.3. The monoisotopic (exact) mass is 285 g/mol. The van der Waals surface area contributed by atoms with Gasteiger partial charge in [-0.05, 0) is 18.9 Å². The number of fused-ring (bicyclic) bond motifs is 1. The van der Waals surface area contributed by atoms with Crippen LogP contribution in [0.1, 0.15) is 12.8 Å². The molecule has 4 N–H and O–H groups in total. The van der Waals surface area contributed by atoms with E-state index in [1.165, 1.54) is 0 Å². The molecule has 0 aromatic carbocycles. The summed E-state index contributed by atoms with van der Waals surface area (Å²) >= 11 is 0. The molecule has 4 rings (SSSR count). The molecular formula is C13H15N7O. The predicted octanol–water partition coefficient (Wildman–Crippen LogP) is -0.259. The highest BCUT2D eigenvalue weighted by atomic mass is 16.2. The third-order valence-corrected chi connectivity index (χ3v) is 4.22. The molecule has 2 aromatic heterocycles. The Hall–Kier alpha value is -2.64.